The summed E-state index contributed by atoms with van der Waals surface area (Å²) >= 11 is 0. The first kappa shape index (κ1) is 20.1. The van der Waals surface area contributed by atoms with Crippen LogP contribution in [0.15, 0.2) is 12.1 Å². The van der Waals surface area contributed by atoms with Crippen molar-refractivity contribution >= 4 is 17.7 Å². The van der Waals surface area contributed by atoms with Gasteiger partial charge in [0.15, 0.2) is 5.78 Å². The van der Waals surface area contributed by atoms with Crippen molar-refractivity contribution in [1.82, 2.24) is 0 Å². The number of ketones is 1. The number of hydrogen-bond donors (Lipinski definition) is 0. The molecule has 2 fully saturated rings. The SMILES string of the molecule is CC(=O)Oc1cc2c(cc1C(C)=O)[C@@H]1CC[C@]3(C)[C@H](OC(C)=O)CC[C@H]3[C@@H]1CC2. The highest BCUT2D eigenvalue weighted by atomic mass is 16.5. The summed E-state index contributed by atoms with van der Waals surface area (Å²) in [6, 6.07) is 3.89. The molecule has 2 saturated carbocycles. The highest BCUT2D eigenvalue weighted by Crippen LogP contribution is 2.61. The third-order valence-corrected chi connectivity index (χ3v) is 7.68. The van der Waals surface area contributed by atoms with E-state index < -0.39 is 5.97 Å². The van der Waals surface area contributed by atoms with Crippen LogP contribution in [0.5, 0.6) is 5.75 Å². The summed E-state index contributed by atoms with van der Waals surface area (Å²) < 4.78 is 11.0. The lowest BCUT2D eigenvalue weighted by Crippen LogP contribution is -2.45. The predicted octanol–water partition coefficient (Wildman–Crippen LogP) is 4.60. The van der Waals surface area contributed by atoms with Gasteiger partial charge >= 0.3 is 11.9 Å². The Bertz CT molecular complexity index is 872. The van der Waals surface area contributed by atoms with Crippen molar-refractivity contribution < 1.29 is 23.9 Å². The van der Waals surface area contributed by atoms with Crippen LogP contribution in [-0.2, 0) is 20.7 Å². The topological polar surface area (TPSA) is 69.7 Å². The Morgan fingerprint density at radius 3 is 2.41 bits per heavy atom. The van der Waals surface area contributed by atoms with E-state index in [0.717, 1.165) is 38.5 Å². The summed E-state index contributed by atoms with van der Waals surface area (Å²) in [6.07, 6.45) is 6.13. The third-order valence-electron chi connectivity index (χ3n) is 7.68. The van der Waals surface area contributed by atoms with E-state index in [-0.39, 0.29) is 23.3 Å². The molecule has 0 radical (unpaired) electrons. The van der Waals surface area contributed by atoms with Crippen molar-refractivity contribution in [2.24, 2.45) is 17.3 Å². The minimum Gasteiger partial charge on any atom is -0.462 e. The van der Waals surface area contributed by atoms with Gasteiger partial charge in [-0.1, -0.05) is 6.92 Å². The fourth-order valence-corrected chi connectivity index (χ4v) is 6.46. The van der Waals surface area contributed by atoms with E-state index in [1.807, 2.05) is 12.1 Å². The van der Waals surface area contributed by atoms with E-state index in [0.29, 0.717) is 29.1 Å². The van der Waals surface area contributed by atoms with E-state index in [1.165, 1.54) is 31.9 Å². The molecule has 0 saturated heterocycles. The Labute approximate surface area is 172 Å². The van der Waals surface area contributed by atoms with E-state index in [4.69, 9.17) is 9.47 Å². The van der Waals surface area contributed by atoms with Gasteiger partial charge in [0.2, 0.25) is 0 Å². The summed E-state index contributed by atoms with van der Waals surface area (Å²) in [6.45, 7) is 6.69. The van der Waals surface area contributed by atoms with Crippen LogP contribution < -0.4 is 4.74 Å². The molecule has 0 aliphatic heterocycles. The molecule has 0 amide bonds. The molecule has 5 heteroatoms. The average Bonchev–Trinajstić information content (AvgIpc) is 2.96. The van der Waals surface area contributed by atoms with Gasteiger partial charge in [0.05, 0.1) is 5.56 Å². The van der Waals surface area contributed by atoms with Gasteiger partial charge in [-0.25, -0.2) is 0 Å². The first-order chi connectivity index (χ1) is 13.7. The molecule has 5 nitrogen and oxygen atoms in total. The monoisotopic (exact) mass is 398 g/mol. The highest BCUT2D eigenvalue weighted by Gasteiger charge is 2.56. The molecule has 5 atom stereocenters. The van der Waals surface area contributed by atoms with Crippen LogP contribution in [0.3, 0.4) is 0 Å². The molecule has 156 valence electrons. The lowest BCUT2D eigenvalue weighted by Gasteiger charge is -2.50. The van der Waals surface area contributed by atoms with Crippen molar-refractivity contribution in [3.63, 3.8) is 0 Å². The summed E-state index contributed by atoms with van der Waals surface area (Å²) in [4.78, 5) is 35.3. The second-order valence-electron chi connectivity index (χ2n) is 9.33. The van der Waals surface area contributed by atoms with Gasteiger partial charge in [-0.05, 0) is 86.5 Å². The van der Waals surface area contributed by atoms with Crippen molar-refractivity contribution in [2.75, 3.05) is 0 Å². The van der Waals surface area contributed by atoms with Gasteiger partial charge in [-0.3, -0.25) is 14.4 Å². The number of hydrogen-bond acceptors (Lipinski definition) is 5. The number of ether oxygens (including phenoxy) is 2. The van der Waals surface area contributed by atoms with Crippen molar-refractivity contribution in [3.05, 3.63) is 28.8 Å². The number of carbonyl (C=O) groups is 3. The molecule has 3 aliphatic rings. The molecule has 4 rings (SSSR count). The summed E-state index contributed by atoms with van der Waals surface area (Å²) in [7, 11) is 0. The van der Waals surface area contributed by atoms with Crippen molar-refractivity contribution in [3.8, 4) is 5.75 Å². The minimum absolute atomic E-state index is 0.0199. The maximum atomic E-state index is 12.2. The molecule has 0 aromatic heterocycles. The number of Topliss-reactive ketones (excluding diaryl/α,β-unsaturated/α-hetero) is 1. The average molecular weight is 398 g/mol. The van der Waals surface area contributed by atoms with Gasteiger partial charge < -0.3 is 9.47 Å². The molecule has 0 heterocycles. The van der Waals surface area contributed by atoms with Gasteiger partial charge in [-0.15, -0.1) is 0 Å². The zero-order chi connectivity index (χ0) is 20.9. The number of benzene rings is 1. The van der Waals surface area contributed by atoms with Crippen molar-refractivity contribution in [1.29, 1.82) is 0 Å². The lowest BCUT2D eigenvalue weighted by molar-refractivity contribution is -0.154. The maximum absolute atomic E-state index is 12.2. The zero-order valence-electron chi connectivity index (χ0n) is 17.7. The number of fused-ring (bicyclic) bond motifs is 5. The molecular formula is C24H30O5. The largest absolute Gasteiger partial charge is 0.462 e. The number of esters is 2. The standard InChI is InChI=1S/C24H30O5/c1-13(25)19-12-20-16(11-22(19)28-14(2)26)5-6-18-17(20)9-10-24(4)21(18)7-8-23(24)29-15(3)27/h11-12,17-18,21,23H,5-10H2,1-4H3/t17-,18-,21+,23-,24+/m1/s1. The quantitative estimate of drug-likeness (QED) is 0.423. The molecule has 29 heavy (non-hydrogen) atoms. The van der Waals surface area contributed by atoms with Crippen molar-refractivity contribution in [2.45, 2.75) is 78.2 Å². The Balaban J connectivity index is 1.67. The second kappa shape index (κ2) is 7.26. The molecule has 0 N–H and O–H groups in total. The minimum atomic E-state index is -0.406. The molecule has 0 bridgehead atoms. The Kier molecular flexibility index (Phi) is 5.04. The van der Waals surface area contributed by atoms with E-state index in [2.05, 4.69) is 6.92 Å². The summed E-state index contributed by atoms with van der Waals surface area (Å²) in [5.41, 5.74) is 2.99. The van der Waals surface area contributed by atoms with E-state index in [9.17, 15) is 14.4 Å². The molecule has 3 aliphatic carbocycles. The van der Waals surface area contributed by atoms with Crippen LogP contribution in [0.2, 0.25) is 0 Å². The van der Waals surface area contributed by atoms with Crippen LogP contribution in [0.1, 0.15) is 87.2 Å². The molecule has 1 aromatic rings. The molecule has 1 aromatic carbocycles. The van der Waals surface area contributed by atoms with E-state index >= 15 is 0 Å². The fraction of sp³-hybridized carbons (Fsp3) is 0.625. The second-order valence-corrected chi connectivity index (χ2v) is 9.33. The molecule has 0 spiro atoms. The van der Waals surface area contributed by atoms with Crippen LogP contribution in [0.4, 0.5) is 0 Å². The smallest absolute Gasteiger partial charge is 0.308 e. The van der Waals surface area contributed by atoms with Crippen LogP contribution in [-0.4, -0.2) is 23.8 Å². The van der Waals surface area contributed by atoms with Gasteiger partial charge in [0, 0.05) is 19.3 Å². The summed E-state index contributed by atoms with van der Waals surface area (Å²) in [5.74, 6) is 1.21. The summed E-state index contributed by atoms with van der Waals surface area (Å²) in [5, 5.41) is 0. The maximum Gasteiger partial charge on any atom is 0.308 e. The normalized spacial score (nSPS) is 32.6. The van der Waals surface area contributed by atoms with Gasteiger partial charge in [-0.2, -0.15) is 0 Å². The Morgan fingerprint density at radius 1 is 1.00 bits per heavy atom. The Hall–Kier alpha value is -2.17. The van der Waals surface area contributed by atoms with Gasteiger partial charge in [0.1, 0.15) is 11.9 Å². The number of aryl methyl sites for hydroxylation is 1. The third kappa shape index (κ3) is 3.38. The van der Waals surface area contributed by atoms with Gasteiger partial charge in [0.25, 0.3) is 0 Å². The highest BCUT2D eigenvalue weighted by molar-refractivity contribution is 5.98. The van der Waals surface area contributed by atoms with Crippen LogP contribution in [0, 0.1) is 17.3 Å². The van der Waals surface area contributed by atoms with Crippen LogP contribution in [0.25, 0.3) is 0 Å². The fourth-order valence-electron chi connectivity index (χ4n) is 6.46. The lowest BCUT2D eigenvalue weighted by atomic mass is 9.55. The van der Waals surface area contributed by atoms with E-state index in [1.54, 1.807) is 0 Å². The first-order valence-electron chi connectivity index (χ1n) is 10.7. The molecular weight excluding hydrogens is 368 g/mol. The Morgan fingerprint density at radius 2 is 1.76 bits per heavy atom. The first-order valence-corrected chi connectivity index (χ1v) is 10.7. The predicted molar refractivity (Wildman–Crippen MR) is 108 cm³/mol. The van der Waals surface area contributed by atoms with Crippen LogP contribution >= 0.6 is 0 Å². The number of rotatable bonds is 3. The number of carbonyl (C=O) groups excluding carboxylic acids is 3. The molecule has 0 unspecified atom stereocenters. The zero-order valence-corrected chi connectivity index (χ0v) is 17.7.